The van der Waals surface area contributed by atoms with Gasteiger partial charge in [0.15, 0.2) is 0 Å². The van der Waals surface area contributed by atoms with Crippen LogP contribution in [0.4, 0.5) is 5.82 Å². The molecule has 1 N–H and O–H groups in total. The summed E-state index contributed by atoms with van der Waals surface area (Å²) >= 11 is 0. The number of anilines is 1. The molecule has 1 aromatic rings. The number of carbonyl (C=O) groups excluding carboxylic acids is 2. The second-order valence-electron chi connectivity index (χ2n) is 7.39. The lowest BCUT2D eigenvalue weighted by molar-refractivity contribution is -0.138. The van der Waals surface area contributed by atoms with Crippen molar-refractivity contribution in [3.8, 4) is 0 Å². The van der Waals surface area contributed by atoms with E-state index >= 15 is 0 Å². The molecule has 0 aromatic carbocycles. The number of pyridine rings is 1. The topological polar surface area (TPSA) is 65.5 Å². The highest BCUT2D eigenvalue weighted by Gasteiger charge is 2.30. The largest absolute Gasteiger partial charge is 0.353 e. The molecule has 2 heterocycles. The highest BCUT2D eigenvalue weighted by atomic mass is 16.2. The van der Waals surface area contributed by atoms with E-state index in [2.05, 4.69) is 15.2 Å². The molecule has 6 heteroatoms. The summed E-state index contributed by atoms with van der Waals surface area (Å²) in [6.07, 6.45) is 2.23. The summed E-state index contributed by atoms with van der Waals surface area (Å²) in [6, 6.07) is 5.41. The maximum atomic E-state index is 12.9. The molecule has 6 nitrogen and oxygen atoms in total. The Labute approximate surface area is 150 Å². The van der Waals surface area contributed by atoms with E-state index in [-0.39, 0.29) is 23.7 Å². The van der Waals surface area contributed by atoms with Crippen LogP contribution in [-0.2, 0) is 9.59 Å². The van der Waals surface area contributed by atoms with E-state index < -0.39 is 6.04 Å². The van der Waals surface area contributed by atoms with Gasteiger partial charge in [-0.3, -0.25) is 9.59 Å². The number of carbonyl (C=O) groups is 2. The Hall–Kier alpha value is -2.11. The van der Waals surface area contributed by atoms with Crippen molar-refractivity contribution in [2.45, 2.75) is 40.2 Å². The highest BCUT2D eigenvalue weighted by Crippen LogP contribution is 2.15. The van der Waals surface area contributed by atoms with Crippen LogP contribution in [0.1, 0.15) is 34.1 Å². The Kier molecular flexibility index (Phi) is 6.79. The van der Waals surface area contributed by atoms with Crippen molar-refractivity contribution in [3.05, 3.63) is 24.4 Å². The molecule has 1 fully saturated rings. The molecular weight excluding hydrogens is 316 g/mol. The number of nitrogens with one attached hydrogen (secondary N) is 1. The van der Waals surface area contributed by atoms with Gasteiger partial charge in [-0.05, 0) is 24.0 Å². The molecule has 1 aliphatic rings. The Bertz CT molecular complexity index is 566. The zero-order valence-electron chi connectivity index (χ0n) is 15.7. The summed E-state index contributed by atoms with van der Waals surface area (Å²) in [7, 11) is 0. The zero-order chi connectivity index (χ0) is 18.4. The molecule has 0 bridgehead atoms. The molecule has 0 saturated carbocycles. The number of nitrogens with zero attached hydrogens (tertiary/aromatic N) is 3. The quantitative estimate of drug-likeness (QED) is 0.855. The first-order chi connectivity index (χ1) is 11.9. The van der Waals surface area contributed by atoms with Crippen LogP contribution in [-0.4, -0.2) is 53.9 Å². The van der Waals surface area contributed by atoms with E-state index in [1.807, 2.05) is 50.8 Å². The van der Waals surface area contributed by atoms with Crippen LogP contribution in [0.2, 0.25) is 0 Å². The third kappa shape index (κ3) is 5.44. The average molecular weight is 346 g/mol. The number of hydrogen-bond donors (Lipinski definition) is 1. The Morgan fingerprint density at radius 2 is 1.80 bits per heavy atom. The summed E-state index contributed by atoms with van der Waals surface area (Å²) in [5, 5.41) is 2.93. The third-order valence-corrected chi connectivity index (χ3v) is 4.41. The van der Waals surface area contributed by atoms with Gasteiger partial charge in [0, 0.05) is 38.8 Å². The second kappa shape index (κ2) is 8.83. The van der Waals surface area contributed by atoms with Crippen LogP contribution in [0.5, 0.6) is 0 Å². The number of rotatable bonds is 6. The van der Waals surface area contributed by atoms with Crippen LogP contribution < -0.4 is 10.2 Å². The molecule has 0 aliphatic carbocycles. The van der Waals surface area contributed by atoms with Gasteiger partial charge in [0.25, 0.3) is 0 Å². The van der Waals surface area contributed by atoms with Crippen molar-refractivity contribution in [3.63, 3.8) is 0 Å². The van der Waals surface area contributed by atoms with E-state index in [1.165, 1.54) is 0 Å². The Balaban J connectivity index is 1.93. The molecule has 1 aromatic heterocycles. The van der Waals surface area contributed by atoms with Gasteiger partial charge >= 0.3 is 0 Å². The number of aromatic nitrogens is 1. The van der Waals surface area contributed by atoms with Crippen molar-refractivity contribution in [2.24, 2.45) is 11.8 Å². The molecular formula is C19H30N4O2. The van der Waals surface area contributed by atoms with E-state index in [4.69, 9.17) is 0 Å². The molecule has 1 atom stereocenters. The first-order valence-electron chi connectivity index (χ1n) is 9.12. The average Bonchev–Trinajstić information content (AvgIpc) is 2.59. The minimum Gasteiger partial charge on any atom is -0.353 e. The minimum atomic E-state index is -0.451. The van der Waals surface area contributed by atoms with Gasteiger partial charge in [0.05, 0.1) is 0 Å². The summed E-state index contributed by atoms with van der Waals surface area (Å²) in [6.45, 7) is 10.8. The lowest BCUT2D eigenvalue weighted by Crippen LogP contribution is -2.56. The lowest BCUT2D eigenvalue weighted by atomic mass is 10.0. The third-order valence-electron chi connectivity index (χ3n) is 4.41. The molecule has 2 amide bonds. The predicted molar refractivity (Wildman–Crippen MR) is 99.3 cm³/mol. The fourth-order valence-corrected chi connectivity index (χ4v) is 3.01. The van der Waals surface area contributed by atoms with Crippen molar-refractivity contribution in [2.75, 3.05) is 31.1 Å². The highest BCUT2D eigenvalue weighted by molar-refractivity contribution is 5.88. The minimum absolute atomic E-state index is 0.0211. The molecule has 1 saturated heterocycles. The number of hydrogen-bond acceptors (Lipinski definition) is 4. The smallest absolute Gasteiger partial charge is 0.245 e. The molecule has 1 unspecified atom stereocenters. The summed E-state index contributed by atoms with van der Waals surface area (Å²) in [5.41, 5.74) is 0. The van der Waals surface area contributed by atoms with E-state index in [0.717, 1.165) is 18.9 Å². The fraction of sp³-hybridized carbons (Fsp3) is 0.632. The van der Waals surface area contributed by atoms with Gasteiger partial charge in [-0.1, -0.05) is 33.8 Å². The van der Waals surface area contributed by atoms with E-state index in [1.54, 1.807) is 6.20 Å². The van der Waals surface area contributed by atoms with Gasteiger partial charge < -0.3 is 15.1 Å². The maximum Gasteiger partial charge on any atom is 0.245 e. The summed E-state index contributed by atoms with van der Waals surface area (Å²) in [4.78, 5) is 33.4. The molecule has 0 radical (unpaired) electrons. The number of amides is 2. The summed E-state index contributed by atoms with van der Waals surface area (Å²) < 4.78 is 0. The van der Waals surface area contributed by atoms with Gasteiger partial charge in [-0.2, -0.15) is 0 Å². The van der Waals surface area contributed by atoms with Crippen LogP contribution in [0.25, 0.3) is 0 Å². The van der Waals surface area contributed by atoms with Gasteiger partial charge in [0.1, 0.15) is 11.9 Å². The monoisotopic (exact) mass is 346 g/mol. The SMILES string of the molecule is CC(C)CC(=O)NC(C(=O)N1CCN(c2ccccn2)CC1)C(C)C. The van der Waals surface area contributed by atoms with E-state index in [9.17, 15) is 9.59 Å². The molecule has 2 rings (SSSR count). The Morgan fingerprint density at radius 3 is 2.32 bits per heavy atom. The fourth-order valence-electron chi connectivity index (χ4n) is 3.01. The van der Waals surface area contributed by atoms with Gasteiger partial charge in [-0.25, -0.2) is 4.98 Å². The Morgan fingerprint density at radius 1 is 1.12 bits per heavy atom. The zero-order valence-corrected chi connectivity index (χ0v) is 15.7. The van der Waals surface area contributed by atoms with Crippen molar-refractivity contribution < 1.29 is 9.59 Å². The maximum absolute atomic E-state index is 12.9. The standard InChI is InChI=1S/C19H30N4O2/c1-14(2)13-17(24)21-18(15(3)4)19(25)23-11-9-22(10-12-23)16-7-5-6-8-20-16/h5-8,14-15,18H,9-13H2,1-4H3,(H,21,24). The normalized spacial score (nSPS) is 16.2. The van der Waals surface area contributed by atoms with Crippen molar-refractivity contribution >= 4 is 17.6 Å². The van der Waals surface area contributed by atoms with E-state index in [0.29, 0.717) is 19.5 Å². The van der Waals surface area contributed by atoms with Crippen LogP contribution >= 0.6 is 0 Å². The predicted octanol–water partition coefficient (Wildman–Crippen LogP) is 1.92. The molecule has 0 spiro atoms. The van der Waals surface area contributed by atoms with Crippen molar-refractivity contribution in [1.29, 1.82) is 0 Å². The molecule has 138 valence electrons. The summed E-state index contributed by atoms with van der Waals surface area (Å²) in [5.74, 6) is 1.27. The second-order valence-corrected chi connectivity index (χ2v) is 7.39. The van der Waals surface area contributed by atoms with Crippen LogP contribution in [0, 0.1) is 11.8 Å². The first-order valence-corrected chi connectivity index (χ1v) is 9.12. The van der Waals surface area contributed by atoms with Gasteiger partial charge in [-0.15, -0.1) is 0 Å². The molecule has 1 aliphatic heterocycles. The van der Waals surface area contributed by atoms with Crippen LogP contribution in [0.15, 0.2) is 24.4 Å². The molecule has 25 heavy (non-hydrogen) atoms. The van der Waals surface area contributed by atoms with Crippen molar-refractivity contribution in [1.82, 2.24) is 15.2 Å². The lowest BCUT2D eigenvalue weighted by Gasteiger charge is -2.37. The number of piperazine rings is 1. The van der Waals surface area contributed by atoms with Gasteiger partial charge in [0.2, 0.25) is 11.8 Å². The van der Waals surface area contributed by atoms with Crippen LogP contribution in [0.3, 0.4) is 0 Å². The first kappa shape index (κ1) is 19.2.